The summed E-state index contributed by atoms with van der Waals surface area (Å²) < 4.78 is 13.1. The van der Waals surface area contributed by atoms with Crippen molar-refractivity contribution in [2.45, 2.75) is 44.1 Å². The molecule has 0 amide bonds. The molecule has 100 valence electrons. The van der Waals surface area contributed by atoms with Crippen LogP contribution >= 0.6 is 0 Å². The van der Waals surface area contributed by atoms with E-state index in [0.29, 0.717) is 18.8 Å². The van der Waals surface area contributed by atoms with Gasteiger partial charge in [0.1, 0.15) is 11.9 Å². The summed E-state index contributed by atoms with van der Waals surface area (Å²) in [6, 6.07) is 1.82. The molecule has 0 spiro atoms. The van der Waals surface area contributed by atoms with Gasteiger partial charge in [-0.05, 0) is 19.3 Å². The molecule has 1 aromatic rings. The minimum absolute atomic E-state index is 0.0487. The quantitative estimate of drug-likeness (QED) is 0.821. The van der Waals surface area contributed by atoms with Gasteiger partial charge in [-0.25, -0.2) is 4.68 Å². The van der Waals surface area contributed by atoms with E-state index in [9.17, 15) is 5.11 Å². The molecule has 2 unspecified atom stereocenters. The van der Waals surface area contributed by atoms with Crippen LogP contribution in [-0.4, -0.2) is 34.2 Å². The van der Waals surface area contributed by atoms with Crippen LogP contribution in [0.25, 0.3) is 0 Å². The number of aliphatic hydroxyl groups excluding tert-OH is 1. The van der Waals surface area contributed by atoms with Gasteiger partial charge < -0.3 is 20.3 Å². The van der Waals surface area contributed by atoms with E-state index >= 15 is 0 Å². The smallest absolute Gasteiger partial charge is 0.150 e. The Labute approximate surface area is 106 Å². The Kier molecular flexibility index (Phi) is 3.23. The van der Waals surface area contributed by atoms with Gasteiger partial charge in [-0.1, -0.05) is 0 Å². The maximum atomic E-state index is 9.55. The molecule has 0 radical (unpaired) electrons. The second kappa shape index (κ2) is 4.87. The van der Waals surface area contributed by atoms with Gasteiger partial charge in [0.15, 0.2) is 6.23 Å². The summed E-state index contributed by atoms with van der Waals surface area (Å²) in [6.45, 7) is 1.14. The van der Waals surface area contributed by atoms with Gasteiger partial charge in [0.25, 0.3) is 0 Å². The van der Waals surface area contributed by atoms with Gasteiger partial charge in [-0.2, -0.15) is 5.10 Å². The summed E-state index contributed by atoms with van der Waals surface area (Å²) in [6.07, 6.45) is 3.20. The van der Waals surface area contributed by atoms with E-state index in [1.54, 1.807) is 0 Å². The van der Waals surface area contributed by atoms with Crippen molar-refractivity contribution >= 4 is 5.82 Å². The van der Waals surface area contributed by atoms with Crippen LogP contribution in [0.3, 0.4) is 0 Å². The largest absolute Gasteiger partial charge is 0.391 e. The molecule has 3 heterocycles. The van der Waals surface area contributed by atoms with Gasteiger partial charge in [-0.3, -0.25) is 0 Å². The van der Waals surface area contributed by atoms with E-state index in [-0.39, 0.29) is 12.3 Å². The molecule has 3 N–H and O–H groups in total. The summed E-state index contributed by atoms with van der Waals surface area (Å²) in [5.74, 6) is 0.476. The fourth-order valence-electron chi connectivity index (χ4n) is 2.63. The predicted molar refractivity (Wildman–Crippen MR) is 64.8 cm³/mol. The number of nitrogens with two attached hydrogens (primary N) is 1. The van der Waals surface area contributed by atoms with Gasteiger partial charge in [0.05, 0.1) is 18.4 Å². The first kappa shape index (κ1) is 12.0. The lowest BCUT2D eigenvalue weighted by Crippen LogP contribution is -2.22. The normalized spacial score (nSPS) is 32.8. The zero-order valence-corrected chi connectivity index (χ0v) is 10.3. The van der Waals surface area contributed by atoms with Crippen LogP contribution < -0.4 is 5.73 Å². The second-order valence-electron chi connectivity index (χ2n) is 4.97. The third kappa shape index (κ3) is 2.23. The maximum Gasteiger partial charge on any atom is 0.150 e. The van der Waals surface area contributed by atoms with Crippen LogP contribution in [0.4, 0.5) is 5.82 Å². The Hall–Kier alpha value is -1.11. The number of rotatable bonds is 2. The van der Waals surface area contributed by atoms with Gasteiger partial charge in [0, 0.05) is 19.1 Å². The van der Waals surface area contributed by atoms with Crippen molar-refractivity contribution < 1.29 is 14.6 Å². The van der Waals surface area contributed by atoms with Crippen molar-refractivity contribution in [1.82, 2.24) is 9.78 Å². The third-order valence-electron chi connectivity index (χ3n) is 3.52. The first-order chi connectivity index (χ1) is 8.74. The van der Waals surface area contributed by atoms with Crippen molar-refractivity contribution in [3.8, 4) is 0 Å². The van der Waals surface area contributed by atoms with Gasteiger partial charge in [-0.15, -0.1) is 0 Å². The molecule has 3 atom stereocenters. The fraction of sp³-hybridized carbons (Fsp3) is 0.750. The Morgan fingerprint density at radius 3 is 2.94 bits per heavy atom. The highest BCUT2D eigenvalue weighted by Gasteiger charge is 2.30. The van der Waals surface area contributed by atoms with Crippen molar-refractivity contribution in [2.75, 3.05) is 18.9 Å². The standard InChI is InChI=1S/C12H19N3O3/c13-11-6-9(10-5-8(16)7-18-10)15(14-11)12-3-1-2-4-17-12/h6,8,10,12,16H,1-5,7H2,(H2,13,14)/t8-,10?,12?/m1/s1. The molecule has 6 heteroatoms. The average Bonchev–Trinajstić information content (AvgIpc) is 2.96. The van der Waals surface area contributed by atoms with Crippen molar-refractivity contribution in [3.05, 3.63) is 11.8 Å². The molecule has 2 aliphatic rings. The van der Waals surface area contributed by atoms with E-state index in [1.165, 1.54) is 0 Å². The topological polar surface area (TPSA) is 82.5 Å². The molecule has 2 saturated heterocycles. The van der Waals surface area contributed by atoms with Crippen LogP contribution in [0, 0.1) is 0 Å². The summed E-state index contributed by atoms with van der Waals surface area (Å²) >= 11 is 0. The molecule has 0 saturated carbocycles. The van der Waals surface area contributed by atoms with Crippen LogP contribution in [0.15, 0.2) is 6.07 Å². The number of ether oxygens (including phenoxy) is 2. The number of hydrogen-bond acceptors (Lipinski definition) is 5. The molecule has 0 aromatic carbocycles. The number of anilines is 1. The molecular weight excluding hydrogens is 234 g/mol. The SMILES string of the molecule is Nc1cc(C2C[C@@H](O)CO2)n(C2CCCCO2)n1. The Morgan fingerprint density at radius 2 is 2.28 bits per heavy atom. The molecule has 0 bridgehead atoms. The van der Waals surface area contributed by atoms with Crippen LogP contribution in [0.5, 0.6) is 0 Å². The Balaban J connectivity index is 1.84. The lowest BCUT2D eigenvalue weighted by Gasteiger charge is -2.25. The highest BCUT2D eigenvalue weighted by atomic mass is 16.5. The lowest BCUT2D eigenvalue weighted by molar-refractivity contribution is -0.0452. The second-order valence-corrected chi connectivity index (χ2v) is 4.97. The number of nitrogens with zero attached hydrogens (tertiary/aromatic N) is 2. The van der Waals surface area contributed by atoms with E-state index in [4.69, 9.17) is 15.2 Å². The molecule has 3 rings (SSSR count). The first-order valence-corrected chi connectivity index (χ1v) is 6.50. The maximum absolute atomic E-state index is 9.55. The number of hydrogen-bond donors (Lipinski definition) is 2. The van der Waals surface area contributed by atoms with E-state index in [0.717, 1.165) is 31.6 Å². The molecule has 2 aliphatic heterocycles. The van der Waals surface area contributed by atoms with Crippen LogP contribution in [0.1, 0.15) is 43.7 Å². The number of aliphatic hydroxyl groups is 1. The van der Waals surface area contributed by atoms with E-state index in [2.05, 4.69) is 5.10 Å². The number of aromatic nitrogens is 2. The lowest BCUT2D eigenvalue weighted by atomic mass is 10.1. The average molecular weight is 253 g/mol. The molecule has 2 fully saturated rings. The van der Waals surface area contributed by atoms with Crippen LogP contribution in [-0.2, 0) is 9.47 Å². The zero-order chi connectivity index (χ0) is 12.5. The van der Waals surface area contributed by atoms with E-state index in [1.807, 2.05) is 10.7 Å². The van der Waals surface area contributed by atoms with Gasteiger partial charge >= 0.3 is 0 Å². The summed E-state index contributed by atoms with van der Waals surface area (Å²) in [7, 11) is 0. The zero-order valence-electron chi connectivity index (χ0n) is 10.3. The van der Waals surface area contributed by atoms with Crippen molar-refractivity contribution in [1.29, 1.82) is 0 Å². The highest BCUT2D eigenvalue weighted by molar-refractivity contribution is 5.31. The molecule has 18 heavy (non-hydrogen) atoms. The molecule has 6 nitrogen and oxygen atoms in total. The minimum atomic E-state index is -0.396. The minimum Gasteiger partial charge on any atom is -0.391 e. The monoisotopic (exact) mass is 253 g/mol. The van der Waals surface area contributed by atoms with E-state index < -0.39 is 6.10 Å². The summed E-state index contributed by atoms with van der Waals surface area (Å²) in [5.41, 5.74) is 6.70. The number of nitrogen functional groups attached to an aromatic ring is 1. The molecule has 1 aromatic heterocycles. The molecular formula is C12H19N3O3. The van der Waals surface area contributed by atoms with Crippen LogP contribution in [0.2, 0.25) is 0 Å². The van der Waals surface area contributed by atoms with Gasteiger partial charge in [0.2, 0.25) is 0 Å². The predicted octanol–water partition coefficient (Wildman–Crippen LogP) is 0.987. The first-order valence-electron chi connectivity index (χ1n) is 6.50. The third-order valence-corrected chi connectivity index (χ3v) is 3.52. The Morgan fingerprint density at radius 1 is 1.39 bits per heavy atom. The molecule has 0 aliphatic carbocycles. The van der Waals surface area contributed by atoms with Crippen molar-refractivity contribution in [2.24, 2.45) is 0 Å². The summed E-state index contributed by atoms with van der Waals surface area (Å²) in [5, 5.41) is 13.9. The van der Waals surface area contributed by atoms with Crippen molar-refractivity contribution in [3.63, 3.8) is 0 Å². The summed E-state index contributed by atoms with van der Waals surface area (Å²) in [4.78, 5) is 0. The highest BCUT2D eigenvalue weighted by Crippen LogP contribution is 2.33. The fourth-order valence-corrected chi connectivity index (χ4v) is 2.63. The Bertz CT molecular complexity index is 392.